The fraction of sp³-hybridized carbons (Fsp3) is 0.421. The number of amides is 1. The highest BCUT2D eigenvalue weighted by molar-refractivity contribution is 7.98. The number of carbonyl (C=O) groups excluding carboxylic acids is 1. The van der Waals surface area contributed by atoms with Gasteiger partial charge in [-0.1, -0.05) is 12.1 Å². The van der Waals surface area contributed by atoms with Gasteiger partial charge in [0.2, 0.25) is 15.9 Å². The van der Waals surface area contributed by atoms with Crippen LogP contribution in [0.2, 0.25) is 0 Å². The molecule has 1 amide bonds. The number of hydrogen-bond donors (Lipinski definition) is 2. The third-order valence-electron chi connectivity index (χ3n) is 4.32. The van der Waals surface area contributed by atoms with Crippen molar-refractivity contribution in [3.63, 3.8) is 0 Å². The van der Waals surface area contributed by atoms with E-state index >= 15 is 0 Å². The van der Waals surface area contributed by atoms with Crippen molar-refractivity contribution in [1.82, 2.24) is 14.9 Å². The lowest BCUT2D eigenvalue weighted by molar-refractivity contribution is -0.123. The maximum atomic E-state index is 13.9. The van der Waals surface area contributed by atoms with Gasteiger partial charge in [-0.3, -0.25) is 9.69 Å². The molecule has 0 spiro atoms. The highest BCUT2D eigenvalue weighted by Crippen LogP contribution is 2.18. The number of likely N-dealkylation sites (N-methyl/N-ethyl adjacent to an activating group) is 1. The van der Waals surface area contributed by atoms with Crippen LogP contribution in [-0.2, 0) is 14.8 Å². The first-order valence-electron chi connectivity index (χ1n) is 8.99. The smallest absolute Gasteiger partial charge is 0.244 e. The molecular formula is C19H26FN3O4S2. The average Bonchev–Trinajstić information content (AvgIpc) is 3.19. The molecule has 0 fully saturated rings. The van der Waals surface area contributed by atoms with E-state index in [4.69, 9.17) is 4.42 Å². The van der Waals surface area contributed by atoms with Gasteiger partial charge in [0.1, 0.15) is 22.5 Å². The lowest BCUT2D eigenvalue weighted by Gasteiger charge is -2.24. The van der Waals surface area contributed by atoms with E-state index in [1.54, 1.807) is 12.3 Å². The summed E-state index contributed by atoms with van der Waals surface area (Å²) in [6, 6.07) is 7.41. The maximum absolute atomic E-state index is 13.9. The van der Waals surface area contributed by atoms with Gasteiger partial charge in [-0.2, -0.15) is 16.5 Å². The summed E-state index contributed by atoms with van der Waals surface area (Å²) in [7, 11) is -0.482. The Bertz CT molecular complexity index is 889. The Hall–Kier alpha value is -1.88. The van der Waals surface area contributed by atoms with Crippen LogP contribution in [0.25, 0.3) is 0 Å². The van der Waals surface area contributed by atoms with Crippen molar-refractivity contribution in [2.75, 3.05) is 32.6 Å². The topological polar surface area (TPSA) is 91.6 Å². The summed E-state index contributed by atoms with van der Waals surface area (Å²) in [5, 5.41) is 2.78. The molecule has 2 N–H and O–H groups in total. The van der Waals surface area contributed by atoms with Crippen LogP contribution in [0, 0.1) is 5.82 Å². The van der Waals surface area contributed by atoms with Gasteiger partial charge in [-0.15, -0.1) is 0 Å². The molecule has 0 bridgehead atoms. The fourth-order valence-electron chi connectivity index (χ4n) is 2.73. The van der Waals surface area contributed by atoms with Gasteiger partial charge >= 0.3 is 0 Å². The summed E-state index contributed by atoms with van der Waals surface area (Å²) < 4.78 is 46.9. The zero-order valence-corrected chi connectivity index (χ0v) is 18.2. The number of carbonyl (C=O) groups is 1. The van der Waals surface area contributed by atoms with Gasteiger partial charge in [-0.25, -0.2) is 12.8 Å². The quantitative estimate of drug-likeness (QED) is 0.554. The monoisotopic (exact) mass is 443 g/mol. The highest BCUT2D eigenvalue weighted by Gasteiger charge is 2.28. The lowest BCUT2D eigenvalue weighted by Crippen LogP contribution is -2.48. The third-order valence-corrected chi connectivity index (χ3v) is 6.46. The summed E-state index contributed by atoms with van der Waals surface area (Å²) in [5.74, 6) is -0.0949. The molecule has 2 rings (SSSR count). The van der Waals surface area contributed by atoms with Gasteiger partial charge in [-0.05, 0) is 56.8 Å². The van der Waals surface area contributed by atoms with Crippen molar-refractivity contribution < 1.29 is 22.0 Å². The summed E-state index contributed by atoms with van der Waals surface area (Å²) in [5.41, 5.74) is 0. The van der Waals surface area contributed by atoms with Crippen molar-refractivity contribution in [2.24, 2.45) is 0 Å². The van der Waals surface area contributed by atoms with E-state index in [-0.39, 0.29) is 19.0 Å². The molecule has 0 saturated heterocycles. The Morgan fingerprint density at radius 3 is 2.55 bits per heavy atom. The molecule has 0 unspecified atom stereocenters. The van der Waals surface area contributed by atoms with Crippen molar-refractivity contribution in [3.05, 3.63) is 54.2 Å². The molecule has 0 aliphatic rings. The molecule has 1 heterocycles. The van der Waals surface area contributed by atoms with Crippen LogP contribution in [-0.4, -0.2) is 57.9 Å². The number of thioether (sulfide) groups is 1. The Morgan fingerprint density at radius 2 is 1.97 bits per heavy atom. The van der Waals surface area contributed by atoms with Crippen molar-refractivity contribution in [2.45, 2.75) is 23.4 Å². The number of sulfonamides is 1. The molecule has 1 aromatic heterocycles. The number of nitrogens with one attached hydrogen (secondary N) is 2. The number of benzene rings is 1. The number of nitrogens with zero attached hydrogens (tertiary/aromatic N) is 1. The number of rotatable bonds is 11. The molecule has 0 saturated carbocycles. The molecular weight excluding hydrogens is 417 g/mol. The van der Waals surface area contributed by atoms with Gasteiger partial charge in [0.25, 0.3) is 0 Å². The summed E-state index contributed by atoms with van der Waals surface area (Å²) in [4.78, 5) is 14.2. The molecule has 10 heteroatoms. The Kier molecular flexibility index (Phi) is 8.69. The molecule has 0 radical (unpaired) electrons. The zero-order valence-electron chi connectivity index (χ0n) is 16.6. The van der Waals surface area contributed by atoms with Crippen LogP contribution in [0.4, 0.5) is 4.39 Å². The molecule has 0 aliphatic carbocycles. The molecule has 2 atom stereocenters. The van der Waals surface area contributed by atoms with Crippen LogP contribution in [0.15, 0.2) is 52.0 Å². The largest absolute Gasteiger partial charge is 0.468 e. The maximum Gasteiger partial charge on any atom is 0.244 e. The Labute approximate surface area is 175 Å². The molecule has 0 aliphatic heterocycles. The second-order valence-corrected chi connectivity index (χ2v) is 9.29. The van der Waals surface area contributed by atoms with E-state index in [0.717, 1.165) is 6.07 Å². The summed E-state index contributed by atoms with van der Waals surface area (Å²) >= 11 is 1.49. The van der Waals surface area contributed by atoms with E-state index in [2.05, 4.69) is 10.0 Å². The highest BCUT2D eigenvalue weighted by atomic mass is 32.2. The van der Waals surface area contributed by atoms with Gasteiger partial charge in [0.05, 0.1) is 12.3 Å². The number of halogens is 1. The van der Waals surface area contributed by atoms with Crippen LogP contribution in [0.1, 0.15) is 18.2 Å². The summed E-state index contributed by atoms with van der Waals surface area (Å²) in [6.07, 6.45) is 3.69. The predicted molar refractivity (Wildman–Crippen MR) is 112 cm³/mol. The number of furan rings is 1. The standard InChI is InChI=1S/C19H26FN3O4S2/c1-23(2)16(17-8-6-11-27-17)13-21-19(24)15(10-12-28-3)22-29(25,26)18-9-5-4-7-14(18)20/h4-9,11,15-16,22H,10,12-13H2,1-3H3,(H,21,24)/t15-,16+/m0/s1. The minimum absolute atomic E-state index is 0.210. The van der Waals surface area contributed by atoms with Crippen LogP contribution < -0.4 is 10.0 Å². The minimum atomic E-state index is -4.19. The zero-order chi connectivity index (χ0) is 21.4. The first kappa shape index (κ1) is 23.4. The molecule has 29 heavy (non-hydrogen) atoms. The molecule has 160 valence electrons. The van der Waals surface area contributed by atoms with Gasteiger partial charge in [0.15, 0.2) is 0 Å². The Morgan fingerprint density at radius 1 is 1.24 bits per heavy atom. The molecule has 1 aromatic carbocycles. The first-order chi connectivity index (χ1) is 13.8. The van der Waals surface area contributed by atoms with Gasteiger partial charge in [0, 0.05) is 6.54 Å². The van der Waals surface area contributed by atoms with E-state index < -0.39 is 32.7 Å². The predicted octanol–water partition coefficient (Wildman–Crippen LogP) is 2.24. The van der Waals surface area contributed by atoms with Crippen LogP contribution >= 0.6 is 11.8 Å². The second-order valence-electron chi connectivity index (χ2n) is 6.63. The van der Waals surface area contributed by atoms with E-state index in [1.165, 1.54) is 30.0 Å². The SMILES string of the molecule is CSCC[C@H](NS(=O)(=O)c1ccccc1F)C(=O)NC[C@H](c1ccco1)N(C)C. The van der Waals surface area contributed by atoms with E-state index in [0.29, 0.717) is 11.5 Å². The van der Waals surface area contributed by atoms with Crippen molar-refractivity contribution >= 4 is 27.7 Å². The van der Waals surface area contributed by atoms with Gasteiger partial charge < -0.3 is 9.73 Å². The third kappa shape index (κ3) is 6.56. The lowest BCUT2D eigenvalue weighted by atomic mass is 10.2. The molecule has 2 aromatic rings. The number of hydrogen-bond acceptors (Lipinski definition) is 6. The Balaban J connectivity index is 2.12. The molecule has 7 nitrogen and oxygen atoms in total. The van der Waals surface area contributed by atoms with E-state index in [9.17, 15) is 17.6 Å². The van der Waals surface area contributed by atoms with Crippen LogP contribution in [0.5, 0.6) is 0 Å². The minimum Gasteiger partial charge on any atom is -0.468 e. The first-order valence-corrected chi connectivity index (χ1v) is 11.9. The van der Waals surface area contributed by atoms with Crippen LogP contribution in [0.3, 0.4) is 0 Å². The van der Waals surface area contributed by atoms with Crippen molar-refractivity contribution in [3.8, 4) is 0 Å². The van der Waals surface area contributed by atoms with Crippen molar-refractivity contribution in [1.29, 1.82) is 0 Å². The second kappa shape index (κ2) is 10.8. The normalized spacial score (nSPS) is 14.0. The average molecular weight is 444 g/mol. The fourth-order valence-corrected chi connectivity index (χ4v) is 4.51. The van der Waals surface area contributed by atoms with E-state index in [1.807, 2.05) is 31.3 Å². The summed E-state index contributed by atoms with van der Waals surface area (Å²) in [6.45, 7) is 0.233.